The quantitative estimate of drug-likeness (QED) is 0.865. The average Bonchev–Trinajstić information content (AvgIpc) is 2.47. The van der Waals surface area contributed by atoms with E-state index in [-0.39, 0.29) is 6.61 Å². The zero-order chi connectivity index (χ0) is 14.8. The van der Waals surface area contributed by atoms with Crippen LogP contribution in [0, 0.1) is 0 Å². The predicted molar refractivity (Wildman–Crippen MR) is 78.9 cm³/mol. The molecule has 0 saturated carbocycles. The van der Waals surface area contributed by atoms with Gasteiger partial charge in [-0.05, 0) is 37.0 Å². The molecule has 4 nitrogen and oxygen atoms in total. The molecule has 1 aromatic rings. The first-order chi connectivity index (χ1) is 9.48. The van der Waals surface area contributed by atoms with Gasteiger partial charge in [0.15, 0.2) is 0 Å². The van der Waals surface area contributed by atoms with Gasteiger partial charge in [0.05, 0.1) is 11.5 Å². The van der Waals surface area contributed by atoms with Crippen LogP contribution in [0.15, 0.2) is 34.7 Å². The lowest BCUT2D eigenvalue weighted by Crippen LogP contribution is -2.35. The Balaban J connectivity index is 2.43. The first-order valence-corrected chi connectivity index (χ1v) is 8.31. The van der Waals surface area contributed by atoms with Crippen molar-refractivity contribution in [3.8, 4) is 0 Å². The summed E-state index contributed by atoms with van der Waals surface area (Å²) < 4.78 is 27.0. The third kappa shape index (κ3) is 2.95. The molecule has 0 saturated heterocycles. The highest BCUT2D eigenvalue weighted by molar-refractivity contribution is 7.89. The number of nitrogens with zero attached hydrogens (tertiary/aromatic N) is 1. The van der Waals surface area contributed by atoms with E-state index in [4.69, 9.17) is 0 Å². The Kier molecular flexibility index (Phi) is 4.62. The molecule has 0 spiro atoms. The summed E-state index contributed by atoms with van der Waals surface area (Å²) in [5.74, 6) is 0. The van der Waals surface area contributed by atoms with Crippen molar-refractivity contribution in [2.75, 3.05) is 13.1 Å². The first kappa shape index (κ1) is 15.2. The van der Waals surface area contributed by atoms with Crippen LogP contribution in [0.3, 0.4) is 0 Å². The van der Waals surface area contributed by atoms with Crippen LogP contribution in [0.5, 0.6) is 0 Å². The second-order valence-electron chi connectivity index (χ2n) is 5.12. The number of sulfonamides is 1. The van der Waals surface area contributed by atoms with Gasteiger partial charge in [0.1, 0.15) is 0 Å². The van der Waals surface area contributed by atoms with Gasteiger partial charge in [-0.3, -0.25) is 0 Å². The second-order valence-corrected chi connectivity index (χ2v) is 7.02. The Labute approximate surface area is 120 Å². The fraction of sp³-hybridized carbons (Fsp3) is 0.467. The molecule has 1 aliphatic rings. The molecule has 0 aliphatic carbocycles. The molecule has 0 atom stereocenters. The maximum Gasteiger partial charge on any atom is 0.243 e. The van der Waals surface area contributed by atoms with Crippen LogP contribution in [0.1, 0.15) is 31.4 Å². The molecule has 1 aromatic carbocycles. The molecule has 0 bridgehead atoms. The SMILES string of the molecule is CCc1ccc(CO)cc1S(=O)(=O)N1CC=C(C)CC1. The molecule has 110 valence electrons. The molecule has 0 radical (unpaired) electrons. The molecule has 0 aromatic heterocycles. The van der Waals surface area contributed by atoms with Gasteiger partial charge in [0.2, 0.25) is 10.0 Å². The van der Waals surface area contributed by atoms with Crippen molar-refractivity contribution in [1.82, 2.24) is 4.31 Å². The molecule has 0 unspecified atom stereocenters. The third-order valence-corrected chi connectivity index (χ3v) is 5.66. The van der Waals surface area contributed by atoms with Gasteiger partial charge in [-0.2, -0.15) is 4.31 Å². The van der Waals surface area contributed by atoms with Crippen molar-refractivity contribution in [2.24, 2.45) is 0 Å². The summed E-state index contributed by atoms with van der Waals surface area (Å²) in [5.41, 5.74) is 2.66. The summed E-state index contributed by atoms with van der Waals surface area (Å²) in [5, 5.41) is 9.22. The van der Waals surface area contributed by atoms with E-state index in [0.29, 0.717) is 30.0 Å². The molecule has 0 amide bonds. The van der Waals surface area contributed by atoms with Gasteiger partial charge in [-0.15, -0.1) is 0 Å². The second kappa shape index (κ2) is 6.08. The lowest BCUT2D eigenvalue weighted by molar-refractivity contribution is 0.281. The lowest BCUT2D eigenvalue weighted by Gasteiger charge is -2.26. The predicted octanol–water partition coefficient (Wildman–Crippen LogP) is 2.08. The van der Waals surface area contributed by atoms with Gasteiger partial charge in [0.25, 0.3) is 0 Å². The normalized spacial score (nSPS) is 17.1. The van der Waals surface area contributed by atoms with Crippen LogP contribution in [0.25, 0.3) is 0 Å². The van der Waals surface area contributed by atoms with E-state index in [0.717, 1.165) is 12.0 Å². The molecule has 1 heterocycles. The number of aryl methyl sites for hydroxylation is 1. The summed E-state index contributed by atoms with van der Waals surface area (Å²) in [7, 11) is -3.48. The Hall–Kier alpha value is -1.17. The fourth-order valence-corrected chi connectivity index (χ4v) is 4.06. The fourth-order valence-electron chi connectivity index (χ4n) is 2.34. The monoisotopic (exact) mass is 295 g/mol. The number of hydrogen-bond donors (Lipinski definition) is 1. The van der Waals surface area contributed by atoms with Gasteiger partial charge >= 0.3 is 0 Å². The molecule has 2 rings (SSSR count). The van der Waals surface area contributed by atoms with Crippen molar-refractivity contribution in [2.45, 2.75) is 38.2 Å². The van der Waals surface area contributed by atoms with Crippen LogP contribution in [-0.4, -0.2) is 30.9 Å². The minimum Gasteiger partial charge on any atom is -0.392 e. The Morgan fingerprint density at radius 1 is 1.35 bits per heavy atom. The number of benzene rings is 1. The van der Waals surface area contributed by atoms with Crippen LogP contribution in [0.2, 0.25) is 0 Å². The number of hydrogen-bond acceptors (Lipinski definition) is 3. The highest BCUT2D eigenvalue weighted by Gasteiger charge is 2.27. The van der Waals surface area contributed by atoms with E-state index < -0.39 is 10.0 Å². The van der Waals surface area contributed by atoms with Crippen LogP contribution >= 0.6 is 0 Å². The molecule has 20 heavy (non-hydrogen) atoms. The standard InChI is InChI=1S/C15H21NO3S/c1-3-14-5-4-13(11-17)10-15(14)20(18,19)16-8-6-12(2)7-9-16/h4-6,10,17H,3,7-9,11H2,1-2H3. The molecule has 0 fully saturated rings. The zero-order valence-corrected chi connectivity index (χ0v) is 12.8. The number of aliphatic hydroxyl groups is 1. The van der Waals surface area contributed by atoms with E-state index >= 15 is 0 Å². The molecule has 1 aliphatic heterocycles. The van der Waals surface area contributed by atoms with Crippen LogP contribution in [0.4, 0.5) is 0 Å². The minimum atomic E-state index is -3.48. The number of rotatable bonds is 4. The van der Waals surface area contributed by atoms with Crippen molar-refractivity contribution in [3.05, 3.63) is 41.0 Å². The van der Waals surface area contributed by atoms with E-state index in [1.54, 1.807) is 18.2 Å². The van der Waals surface area contributed by atoms with Gasteiger partial charge < -0.3 is 5.11 Å². The highest BCUT2D eigenvalue weighted by atomic mass is 32.2. The molecular weight excluding hydrogens is 274 g/mol. The average molecular weight is 295 g/mol. The summed E-state index contributed by atoms with van der Waals surface area (Å²) in [4.78, 5) is 0.333. The molecular formula is C15H21NO3S. The third-order valence-electron chi connectivity index (χ3n) is 3.71. The Bertz CT molecular complexity index is 620. The molecule has 5 heteroatoms. The van der Waals surface area contributed by atoms with Gasteiger partial charge in [-0.1, -0.05) is 30.7 Å². The summed E-state index contributed by atoms with van der Waals surface area (Å²) in [6, 6.07) is 5.17. The maximum absolute atomic E-state index is 12.8. The van der Waals surface area contributed by atoms with Crippen molar-refractivity contribution in [3.63, 3.8) is 0 Å². The smallest absolute Gasteiger partial charge is 0.243 e. The number of aliphatic hydroxyl groups excluding tert-OH is 1. The van der Waals surface area contributed by atoms with Gasteiger partial charge in [0, 0.05) is 13.1 Å². The highest BCUT2D eigenvalue weighted by Crippen LogP contribution is 2.25. The van der Waals surface area contributed by atoms with Crippen LogP contribution < -0.4 is 0 Å². The minimum absolute atomic E-state index is 0.147. The first-order valence-electron chi connectivity index (χ1n) is 6.87. The Morgan fingerprint density at radius 2 is 2.10 bits per heavy atom. The maximum atomic E-state index is 12.8. The largest absolute Gasteiger partial charge is 0.392 e. The Morgan fingerprint density at radius 3 is 2.65 bits per heavy atom. The van der Waals surface area contributed by atoms with Crippen molar-refractivity contribution < 1.29 is 13.5 Å². The van der Waals surface area contributed by atoms with E-state index in [1.165, 1.54) is 9.88 Å². The lowest BCUT2D eigenvalue weighted by atomic mass is 10.1. The summed E-state index contributed by atoms with van der Waals surface area (Å²) in [6.45, 7) is 4.77. The van der Waals surface area contributed by atoms with Crippen molar-refractivity contribution >= 4 is 10.0 Å². The van der Waals surface area contributed by atoms with Crippen molar-refractivity contribution in [1.29, 1.82) is 0 Å². The zero-order valence-electron chi connectivity index (χ0n) is 12.0. The topological polar surface area (TPSA) is 57.6 Å². The van der Waals surface area contributed by atoms with E-state index in [9.17, 15) is 13.5 Å². The van der Waals surface area contributed by atoms with E-state index in [1.807, 2.05) is 19.9 Å². The molecule has 1 N–H and O–H groups in total. The van der Waals surface area contributed by atoms with Crippen LogP contribution in [-0.2, 0) is 23.1 Å². The summed E-state index contributed by atoms with van der Waals surface area (Å²) in [6.07, 6.45) is 3.39. The van der Waals surface area contributed by atoms with Gasteiger partial charge in [-0.25, -0.2) is 8.42 Å². The summed E-state index contributed by atoms with van der Waals surface area (Å²) >= 11 is 0. The van der Waals surface area contributed by atoms with E-state index in [2.05, 4.69) is 0 Å².